The number of aliphatic imine (C=N–C) groups is 1. The highest BCUT2D eigenvalue weighted by Gasteiger charge is 2.18. The summed E-state index contributed by atoms with van der Waals surface area (Å²) in [4.78, 5) is 16.3. The highest BCUT2D eigenvalue weighted by atomic mass is 127. The summed E-state index contributed by atoms with van der Waals surface area (Å²) in [6, 6.07) is 16.0. The van der Waals surface area contributed by atoms with Gasteiger partial charge in [-0.1, -0.05) is 81.6 Å². The molecule has 0 saturated heterocycles. The lowest BCUT2D eigenvalue weighted by Gasteiger charge is -2.06. The maximum atomic E-state index is 12.0. The van der Waals surface area contributed by atoms with Gasteiger partial charge in [-0.2, -0.15) is 5.10 Å². The van der Waals surface area contributed by atoms with Crippen LogP contribution in [0.5, 0.6) is 0 Å². The molecule has 0 aliphatic rings. The van der Waals surface area contributed by atoms with E-state index in [2.05, 4.69) is 65.7 Å². The first-order chi connectivity index (χ1) is 13.1. The molecule has 0 saturated carbocycles. The molecular weight excluding hydrogens is 568 g/mol. The van der Waals surface area contributed by atoms with E-state index in [1.54, 1.807) is 6.21 Å². The zero-order valence-corrected chi connectivity index (χ0v) is 18.6. The van der Waals surface area contributed by atoms with E-state index in [1.807, 2.05) is 48.5 Å². The third-order valence-corrected chi connectivity index (χ3v) is 5.58. The number of rotatable bonds is 7. The van der Waals surface area contributed by atoms with Gasteiger partial charge in [0.1, 0.15) is 11.4 Å². The van der Waals surface area contributed by atoms with Gasteiger partial charge in [0, 0.05) is 20.8 Å². The monoisotopic (exact) mass is 585 g/mol. The third-order valence-electron chi connectivity index (χ3n) is 3.81. The molecular formula is C19H17I2N5O. The van der Waals surface area contributed by atoms with Gasteiger partial charge in [-0.15, -0.1) is 0 Å². The van der Waals surface area contributed by atoms with Crippen molar-refractivity contribution < 1.29 is 4.79 Å². The number of H-pyrrole nitrogens is 1. The lowest BCUT2D eigenvalue weighted by atomic mass is 10.2. The van der Waals surface area contributed by atoms with Gasteiger partial charge >= 0.3 is 0 Å². The molecule has 0 spiro atoms. The second kappa shape index (κ2) is 9.31. The molecule has 0 fully saturated rings. The number of aromatic nitrogens is 2. The predicted octanol–water partition coefficient (Wildman–Crippen LogP) is 4.87. The van der Waals surface area contributed by atoms with Crippen LogP contribution in [-0.4, -0.2) is 22.3 Å². The summed E-state index contributed by atoms with van der Waals surface area (Å²) in [6.45, 7) is 0. The minimum absolute atomic E-state index is 0.231. The van der Waals surface area contributed by atoms with Crippen LogP contribution < -0.4 is 11.1 Å². The molecule has 0 radical (unpaired) electrons. The van der Waals surface area contributed by atoms with Crippen molar-refractivity contribution in [2.45, 2.75) is 8.86 Å². The molecule has 1 aromatic heterocycles. The van der Waals surface area contributed by atoms with Crippen LogP contribution >= 0.6 is 45.2 Å². The number of nitrogens with two attached hydrogens (primary N) is 1. The maximum Gasteiger partial charge on any atom is 0.256 e. The number of amides is 1. The number of alkyl halides is 2. The van der Waals surface area contributed by atoms with Gasteiger partial charge in [0.25, 0.3) is 5.91 Å². The number of primary amides is 1. The summed E-state index contributed by atoms with van der Waals surface area (Å²) >= 11 is 4.62. The number of nitrogens with one attached hydrogen (secondary N) is 2. The molecule has 1 heterocycles. The van der Waals surface area contributed by atoms with E-state index in [4.69, 9.17) is 5.73 Å². The van der Waals surface area contributed by atoms with Crippen molar-refractivity contribution in [3.8, 4) is 0 Å². The molecule has 4 N–H and O–H groups in total. The summed E-state index contributed by atoms with van der Waals surface area (Å²) < 4.78 is 1.85. The fraction of sp³-hybridized carbons (Fsp3) is 0.105. The van der Waals surface area contributed by atoms with Crippen LogP contribution in [-0.2, 0) is 8.86 Å². The van der Waals surface area contributed by atoms with E-state index in [0.29, 0.717) is 5.82 Å². The molecule has 0 aliphatic heterocycles. The van der Waals surface area contributed by atoms with Crippen LogP contribution in [0.3, 0.4) is 0 Å². The Hall–Kier alpha value is -1.95. The maximum absolute atomic E-state index is 12.0. The van der Waals surface area contributed by atoms with Crippen LogP contribution in [0.2, 0.25) is 0 Å². The van der Waals surface area contributed by atoms with Crippen LogP contribution in [0, 0.1) is 0 Å². The summed E-state index contributed by atoms with van der Waals surface area (Å²) in [5.74, 6) is 0.0947. The molecule has 0 bridgehead atoms. The number of carbonyl (C=O) groups excluding carboxylic acids is 1. The van der Waals surface area contributed by atoms with Gasteiger partial charge in [-0.25, -0.2) is 4.99 Å². The van der Waals surface area contributed by atoms with Crippen LogP contribution in [0.25, 0.3) is 0 Å². The Labute approximate surface area is 184 Å². The summed E-state index contributed by atoms with van der Waals surface area (Å²) in [5.41, 5.74) is 9.98. The Morgan fingerprint density at radius 3 is 2.56 bits per heavy atom. The number of halogens is 2. The fourth-order valence-electron chi connectivity index (χ4n) is 2.45. The standard InChI is InChI=1S/C19H17I2N5O/c20-9-12-4-6-13(7-5-12)11-23-18-16(17(22)27)19(26-25-18)24-15-3-1-2-14(8-15)10-21/h1-8,11H,9-10H2,(H2,22,27)(H2,24,25,26). The van der Waals surface area contributed by atoms with Crippen LogP contribution in [0.1, 0.15) is 27.0 Å². The molecule has 3 aromatic rings. The Morgan fingerprint density at radius 1 is 1.15 bits per heavy atom. The zero-order valence-electron chi connectivity index (χ0n) is 14.2. The zero-order chi connectivity index (χ0) is 19.2. The quantitative estimate of drug-likeness (QED) is 0.210. The molecule has 0 atom stereocenters. The third kappa shape index (κ3) is 5.06. The van der Waals surface area contributed by atoms with Crippen molar-refractivity contribution in [1.29, 1.82) is 0 Å². The average molecular weight is 585 g/mol. The Bertz CT molecular complexity index is 966. The topological polar surface area (TPSA) is 96.2 Å². The van der Waals surface area contributed by atoms with Crippen molar-refractivity contribution in [2.24, 2.45) is 10.7 Å². The molecule has 8 heteroatoms. The molecule has 1 amide bonds. The largest absolute Gasteiger partial charge is 0.365 e. The molecule has 138 valence electrons. The van der Waals surface area contributed by atoms with Crippen molar-refractivity contribution in [2.75, 3.05) is 5.32 Å². The minimum Gasteiger partial charge on any atom is -0.365 e. The first kappa shape index (κ1) is 19.8. The number of hydrogen-bond donors (Lipinski definition) is 3. The van der Waals surface area contributed by atoms with E-state index in [0.717, 1.165) is 20.1 Å². The van der Waals surface area contributed by atoms with Gasteiger partial charge in [-0.05, 0) is 28.8 Å². The number of carbonyl (C=O) groups is 1. The number of aromatic amines is 1. The van der Waals surface area contributed by atoms with Gasteiger partial charge in [0.15, 0.2) is 5.82 Å². The Kier molecular flexibility index (Phi) is 6.83. The molecule has 6 nitrogen and oxygen atoms in total. The lowest BCUT2D eigenvalue weighted by molar-refractivity contribution is 0.100. The fourth-order valence-corrected chi connectivity index (χ4v) is 3.44. The van der Waals surface area contributed by atoms with E-state index in [-0.39, 0.29) is 11.4 Å². The molecule has 2 aromatic carbocycles. The SMILES string of the molecule is NC(=O)c1c(N=Cc2ccc(CI)cc2)n[nH]c1Nc1cccc(CI)c1. The van der Waals surface area contributed by atoms with Gasteiger partial charge < -0.3 is 11.1 Å². The van der Waals surface area contributed by atoms with Crippen molar-refractivity contribution in [3.05, 3.63) is 70.8 Å². The van der Waals surface area contributed by atoms with E-state index in [1.165, 1.54) is 11.1 Å². The van der Waals surface area contributed by atoms with Gasteiger partial charge in [0.05, 0.1) is 0 Å². The minimum atomic E-state index is -0.594. The van der Waals surface area contributed by atoms with Gasteiger partial charge in [0.2, 0.25) is 0 Å². The summed E-state index contributed by atoms with van der Waals surface area (Å²) in [5, 5.41) is 10.1. The van der Waals surface area contributed by atoms with Crippen molar-refractivity contribution in [1.82, 2.24) is 10.2 Å². The Balaban J connectivity index is 1.86. The second-order valence-electron chi connectivity index (χ2n) is 5.75. The molecule has 0 aliphatic carbocycles. The lowest BCUT2D eigenvalue weighted by Crippen LogP contribution is -2.12. The van der Waals surface area contributed by atoms with Crippen molar-refractivity contribution >= 4 is 74.6 Å². The number of benzene rings is 2. The van der Waals surface area contributed by atoms with E-state index < -0.39 is 5.91 Å². The predicted molar refractivity (Wildman–Crippen MR) is 126 cm³/mol. The number of nitrogens with zero attached hydrogens (tertiary/aromatic N) is 2. The first-order valence-corrected chi connectivity index (χ1v) is 11.1. The van der Waals surface area contributed by atoms with E-state index >= 15 is 0 Å². The summed E-state index contributed by atoms with van der Waals surface area (Å²) in [6.07, 6.45) is 1.67. The van der Waals surface area contributed by atoms with E-state index in [9.17, 15) is 4.79 Å². The average Bonchev–Trinajstić information content (AvgIpc) is 3.09. The van der Waals surface area contributed by atoms with Crippen LogP contribution in [0.4, 0.5) is 17.3 Å². The Morgan fingerprint density at radius 2 is 1.89 bits per heavy atom. The highest BCUT2D eigenvalue weighted by molar-refractivity contribution is 14.1. The normalized spacial score (nSPS) is 11.0. The van der Waals surface area contributed by atoms with Crippen molar-refractivity contribution in [3.63, 3.8) is 0 Å². The number of hydrogen-bond acceptors (Lipinski definition) is 4. The molecule has 27 heavy (non-hydrogen) atoms. The highest BCUT2D eigenvalue weighted by Crippen LogP contribution is 2.27. The smallest absolute Gasteiger partial charge is 0.256 e. The number of anilines is 2. The second-order valence-corrected chi connectivity index (χ2v) is 7.28. The van der Waals surface area contributed by atoms with Crippen LogP contribution in [0.15, 0.2) is 53.5 Å². The summed E-state index contributed by atoms with van der Waals surface area (Å²) in [7, 11) is 0. The first-order valence-electron chi connectivity index (χ1n) is 8.09. The molecule has 3 rings (SSSR count). The molecule has 0 unspecified atom stereocenters. The van der Waals surface area contributed by atoms with Gasteiger partial charge in [-0.3, -0.25) is 9.89 Å².